The Kier molecular flexibility index (Phi) is 5.89. The zero-order valence-electron chi connectivity index (χ0n) is 17.7. The first-order chi connectivity index (χ1) is 15.0. The predicted molar refractivity (Wildman–Crippen MR) is 122 cm³/mol. The highest BCUT2D eigenvalue weighted by atomic mass is 16.5. The summed E-state index contributed by atoms with van der Waals surface area (Å²) in [6, 6.07) is 31.2. The van der Waals surface area contributed by atoms with Gasteiger partial charge in [0.2, 0.25) is 0 Å². The molecular formula is C27H25NO3. The van der Waals surface area contributed by atoms with Crippen molar-refractivity contribution in [1.82, 2.24) is 0 Å². The van der Waals surface area contributed by atoms with Gasteiger partial charge in [0, 0.05) is 11.1 Å². The number of carbonyl (C=O) groups is 1. The lowest BCUT2D eigenvalue weighted by atomic mass is 9.78. The molecule has 31 heavy (non-hydrogen) atoms. The molecule has 0 fully saturated rings. The van der Waals surface area contributed by atoms with Crippen LogP contribution < -0.4 is 10.1 Å². The molecule has 4 nitrogen and oxygen atoms in total. The second kappa shape index (κ2) is 8.92. The van der Waals surface area contributed by atoms with E-state index in [0.717, 1.165) is 11.4 Å². The van der Waals surface area contributed by atoms with Crippen molar-refractivity contribution in [3.8, 4) is 5.75 Å². The van der Waals surface area contributed by atoms with Crippen LogP contribution in [0, 0.1) is 0 Å². The molecule has 0 saturated carbocycles. The fraction of sp³-hybridized carbons (Fsp3) is 0.148. The number of para-hydroxylation sites is 1. The zero-order chi connectivity index (χ0) is 21.7. The van der Waals surface area contributed by atoms with Crippen LogP contribution in [0.2, 0.25) is 0 Å². The highest BCUT2D eigenvalue weighted by molar-refractivity contribution is 6.02. The van der Waals surface area contributed by atoms with Gasteiger partial charge in [-0.15, -0.1) is 0 Å². The van der Waals surface area contributed by atoms with E-state index in [-0.39, 0.29) is 23.7 Å². The van der Waals surface area contributed by atoms with Crippen molar-refractivity contribution < 1.29 is 13.9 Å². The first-order valence-corrected chi connectivity index (χ1v) is 10.3. The summed E-state index contributed by atoms with van der Waals surface area (Å²) in [6.07, 6.45) is 0. The summed E-state index contributed by atoms with van der Waals surface area (Å²) in [5.41, 5.74) is 3.10. The van der Waals surface area contributed by atoms with Gasteiger partial charge in [0.05, 0.1) is 0 Å². The van der Waals surface area contributed by atoms with E-state index in [0.29, 0.717) is 5.76 Å². The van der Waals surface area contributed by atoms with E-state index in [9.17, 15) is 4.79 Å². The van der Waals surface area contributed by atoms with Crippen molar-refractivity contribution in [1.29, 1.82) is 0 Å². The molecular weight excluding hydrogens is 386 g/mol. The van der Waals surface area contributed by atoms with Crippen molar-refractivity contribution in [2.45, 2.75) is 25.9 Å². The van der Waals surface area contributed by atoms with E-state index < -0.39 is 0 Å². The summed E-state index contributed by atoms with van der Waals surface area (Å²) in [5.74, 6) is 1.30. The van der Waals surface area contributed by atoms with E-state index in [2.05, 4.69) is 55.6 Å². The third-order valence-corrected chi connectivity index (χ3v) is 5.37. The molecule has 0 unspecified atom stereocenters. The quantitative estimate of drug-likeness (QED) is 0.381. The summed E-state index contributed by atoms with van der Waals surface area (Å²) in [6.45, 7) is 4.67. The summed E-state index contributed by atoms with van der Waals surface area (Å²) < 4.78 is 11.5. The molecule has 156 valence electrons. The van der Waals surface area contributed by atoms with Gasteiger partial charge in [0.25, 0.3) is 5.91 Å². The van der Waals surface area contributed by atoms with Crippen LogP contribution in [0.4, 0.5) is 5.69 Å². The smallest absolute Gasteiger partial charge is 0.291 e. The molecule has 4 aromatic rings. The van der Waals surface area contributed by atoms with Gasteiger partial charge in [-0.25, -0.2) is 0 Å². The number of benzene rings is 3. The Bertz CT molecular complexity index is 1130. The molecule has 4 heteroatoms. The first kappa shape index (κ1) is 20.5. The van der Waals surface area contributed by atoms with Crippen molar-refractivity contribution in [3.05, 3.63) is 120 Å². The molecule has 0 radical (unpaired) electrons. The van der Waals surface area contributed by atoms with E-state index >= 15 is 0 Å². The van der Waals surface area contributed by atoms with Crippen molar-refractivity contribution in [3.63, 3.8) is 0 Å². The highest BCUT2D eigenvalue weighted by Crippen LogP contribution is 2.32. The van der Waals surface area contributed by atoms with Gasteiger partial charge in [-0.05, 0) is 47.5 Å². The molecule has 1 N–H and O–H groups in total. The monoisotopic (exact) mass is 411 g/mol. The molecule has 0 bridgehead atoms. The number of rotatable bonds is 7. The SMILES string of the molecule is CC(C)(c1ccccc1)c1ccc(OCc2ccc(C(=O)Nc3ccccc3)o2)cc1. The zero-order valence-corrected chi connectivity index (χ0v) is 17.7. The molecule has 4 rings (SSSR count). The Morgan fingerprint density at radius 2 is 1.42 bits per heavy atom. The lowest BCUT2D eigenvalue weighted by Crippen LogP contribution is -2.18. The molecule has 1 aromatic heterocycles. The third-order valence-electron chi connectivity index (χ3n) is 5.37. The minimum atomic E-state index is -0.287. The minimum Gasteiger partial charge on any atom is -0.486 e. The van der Waals surface area contributed by atoms with Crippen LogP contribution in [-0.4, -0.2) is 5.91 Å². The average Bonchev–Trinajstić information content (AvgIpc) is 3.29. The molecule has 1 amide bonds. The van der Waals surface area contributed by atoms with Crippen LogP contribution in [0.25, 0.3) is 0 Å². The van der Waals surface area contributed by atoms with Crippen molar-refractivity contribution >= 4 is 11.6 Å². The number of anilines is 1. The second-order valence-corrected chi connectivity index (χ2v) is 7.89. The first-order valence-electron chi connectivity index (χ1n) is 10.3. The number of hydrogen-bond acceptors (Lipinski definition) is 3. The second-order valence-electron chi connectivity index (χ2n) is 7.89. The number of amides is 1. The molecule has 0 aliphatic rings. The molecule has 0 spiro atoms. The highest BCUT2D eigenvalue weighted by Gasteiger charge is 2.22. The number of ether oxygens (including phenoxy) is 1. The maximum Gasteiger partial charge on any atom is 0.291 e. The Morgan fingerprint density at radius 3 is 2.10 bits per heavy atom. The lowest BCUT2D eigenvalue weighted by molar-refractivity contribution is 0.0992. The van der Waals surface area contributed by atoms with Gasteiger partial charge in [-0.2, -0.15) is 0 Å². The van der Waals surface area contributed by atoms with Crippen LogP contribution in [0.1, 0.15) is 41.3 Å². The van der Waals surface area contributed by atoms with Gasteiger partial charge in [-0.3, -0.25) is 4.79 Å². The molecule has 0 aliphatic carbocycles. The number of carbonyl (C=O) groups excluding carboxylic acids is 1. The van der Waals surface area contributed by atoms with E-state index in [1.165, 1.54) is 11.1 Å². The normalized spacial score (nSPS) is 11.2. The van der Waals surface area contributed by atoms with Crippen LogP contribution in [0.3, 0.4) is 0 Å². The van der Waals surface area contributed by atoms with Crippen LogP contribution in [0.5, 0.6) is 5.75 Å². The summed E-state index contributed by atoms with van der Waals surface area (Å²) in [4.78, 5) is 12.3. The minimum absolute atomic E-state index is 0.0954. The maximum atomic E-state index is 12.3. The Morgan fingerprint density at radius 1 is 0.806 bits per heavy atom. The fourth-order valence-electron chi connectivity index (χ4n) is 3.44. The molecule has 1 heterocycles. The van der Waals surface area contributed by atoms with Gasteiger partial charge < -0.3 is 14.5 Å². The number of furan rings is 1. The predicted octanol–water partition coefficient (Wildman–Crippen LogP) is 6.44. The van der Waals surface area contributed by atoms with Crippen LogP contribution in [0.15, 0.2) is 101 Å². The molecule has 0 atom stereocenters. The van der Waals surface area contributed by atoms with Crippen molar-refractivity contribution in [2.24, 2.45) is 0 Å². The van der Waals surface area contributed by atoms with Gasteiger partial charge >= 0.3 is 0 Å². The summed E-state index contributed by atoms with van der Waals surface area (Å²) >= 11 is 0. The third kappa shape index (κ3) is 4.86. The largest absolute Gasteiger partial charge is 0.486 e. The fourth-order valence-corrected chi connectivity index (χ4v) is 3.44. The molecule has 3 aromatic carbocycles. The maximum absolute atomic E-state index is 12.3. The Hall–Kier alpha value is -3.79. The lowest BCUT2D eigenvalue weighted by Gasteiger charge is -2.26. The average molecular weight is 412 g/mol. The van der Waals surface area contributed by atoms with Gasteiger partial charge in [0.15, 0.2) is 5.76 Å². The number of nitrogens with one attached hydrogen (secondary N) is 1. The van der Waals surface area contributed by atoms with E-state index in [1.54, 1.807) is 12.1 Å². The summed E-state index contributed by atoms with van der Waals surface area (Å²) in [5, 5.41) is 2.81. The summed E-state index contributed by atoms with van der Waals surface area (Å²) in [7, 11) is 0. The Labute approximate surface area is 182 Å². The van der Waals surface area contributed by atoms with Gasteiger partial charge in [-0.1, -0.05) is 74.5 Å². The van der Waals surface area contributed by atoms with Crippen LogP contribution in [-0.2, 0) is 12.0 Å². The van der Waals surface area contributed by atoms with E-state index in [4.69, 9.17) is 9.15 Å². The van der Waals surface area contributed by atoms with E-state index in [1.807, 2.05) is 48.5 Å². The van der Waals surface area contributed by atoms with Crippen LogP contribution >= 0.6 is 0 Å². The molecule has 0 saturated heterocycles. The molecule has 0 aliphatic heterocycles. The van der Waals surface area contributed by atoms with Gasteiger partial charge in [0.1, 0.15) is 18.1 Å². The van der Waals surface area contributed by atoms with Crippen molar-refractivity contribution in [2.75, 3.05) is 5.32 Å². The topological polar surface area (TPSA) is 51.5 Å². The number of hydrogen-bond donors (Lipinski definition) is 1. The Balaban J connectivity index is 1.36. The standard InChI is InChI=1S/C27H25NO3/c1-27(2,20-9-5-3-6-10-20)21-13-15-23(16-14-21)30-19-24-17-18-25(31-24)26(29)28-22-11-7-4-8-12-22/h3-18H,19H2,1-2H3,(H,28,29).